The van der Waals surface area contributed by atoms with Crippen molar-refractivity contribution in [1.82, 2.24) is 0 Å². The Bertz CT molecular complexity index is 162. The zero-order valence-electron chi connectivity index (χ0n) is 9.34. The molecule has 82 valence electrons. The first-order valence-electron chi connectivity index (χ1n) is 5.96. The first-order valence-corrected chi connectivity index (χ1v) is 5.96. The topological polar surface area (TPSA) is 24.7 Å². The maximum Gasteiger partial charge on any atom is 0.101 e. The minimum atomic E-state index is 0.331. The summed E-state index contributed by atoms with van der Waals surface area (Å²) in [4.78, 5) is 1.58. The maximum absolute atomic E-state index is 8.96. The van der Waals surface area contributed by atoms with E-state index in [-0.39, 0.29) is 0 Å². The molecule has 14 heavy (non-hydrogen) atoms. The number of aliphatic hydroxyl groups is 1. The van der Waals surface area contributed by atoms with E-state index in [1.807, 2.05) is 0 Å². The summed E-state index contributed by atoms with van der Waals surface area (Å²) < 4.78 is 0. The quantitative estimate of drug-likeness (QED) is 0.601. The van der Waals surface area contributed by atoms with Gasteiger partial charge >= 0.3 is 0 Å². The van der Waals surface area contributed by atoms with Crippen LogP contribution in [0.25, 0.3) is 0 Å². The largest absolute Gasteiger partial charge is 0.391 e. The van der Waals surface area contributed by atoms with E-state index in [9.17, 15) is 0 Å². The Morgan fingerprint density at radius 1 is 1.36 bits per heavy atom. The summed E-state index contributed by atoms with van der Waals surface area (Å²) in [5, 5.41) is 8.96. The number of nitrogens with one attached hydrogen (secondary N) is 1. The second kappa shape index (κ2) is 7.02. The summed E-state index contributed by atoms with van der Waals surface area (Å²) in [7, 11) is 0. The van der Waals surface area contributed by atoms with Crippen LogP contribution in [0.3, 0.4) is 0 Å². The molecule has 0 aliphatic heterocycles. The highest BCUT2D eigenvalue weighted by Gasteiger charge is 2.16. The van der Waals surface area contributed by atoms with Gasteiger partial charge in [-0.1, -0.05) is 19.1 Å². The molecule has 0 amide bonds. The van der Waals surface area contributed by atoms with E-state index in [0.29, 0.717) is 6.61 Å². The summed E-state index contributed by atoms with van der Waals surface area (Å²) >= 11 is 0. The van der Waals surface area contributed by atoms with E-state index in [4.69, 9.17) is 5.11 Å². The molecular weight excluding hydrogens is 174 g/mol. The fourth-order valence-corrected chi connectivity index (χ4v) is 2.29. The van der Waals surface area contributed by atoms with E-state index in [1.165, 1.54) is 38.8 Å². The first-order chi connectivity index (χ1) is 6.86. The Morgan fingerprint density at radius 2 is 2.21 bits per heavy atom. The van der Waals surface area contributed by atoms with Crippen molar-refractivity contribution in [3.63, 3.8) is 0 Å². The molecule has 0 bridgehead atoms. The molecule has 0 fully saturated rings. The monoisotopic (exact) mass is 198 g/mol. The molecule has 2 N–H and O–H groups in total. The van der Waals surface area contributed by atoms with E-state index >= 15 is 0 Å². The van der Waals surface area contributed by atoms with Gasteiger partial charge in [-0.15, -0.1) is 0 Å². The number of aliphatic hydroxyl groups excluding tert-OH is 1. The molecule has 2 atom stereocenters. The van der Waals surface area contributed by atoms with Crippen molar-refractivity contribution in [2.24, 2.45) is 5.92 Å². The van der Waals surface area contributed by atoms with Crippen molar-refractivity contribution in [3.05, 3.63) is 12.2 Å². The number of hydrogen-bond acceptors (Lipinski definition) is 1. The highest BCUT2D eigenvalue weighted by atomic mass is 16.3. The first kappa shape index (κ1) is 11.7. The molecule has 0 saturated heterocycles. The zero-order chi connectivity index (χ0) is 10.2. The van der Waals surface area contributed by atoms with Crippen molar-refractivity contribution in [1.29, 1.82) is 0 Å². The van der Waals surface area contributed by atoms with Gasteiger partial charge in [0.2, 0.25) is 0 Å². The van der Waals surface area contributed by atoms with Crippen molar-refractivity contribution >= 4 is 0 Å². The Kier molecular flexibility index (Phi) is 5.88. The van der Waals surface area contributed by atoms with Gasteiger partial charge in [0.1, 0.15) is 6.54 Å². The standard InChI is InChI=1S/C12H23NO/c1-2-8-13(9-10-14)11-12-6-4-3-5-7-12/h3-4,12,14H,2,5-11H2,1H3/p+1/t12-/m0/s1. The van der Waals surface area contributed by atoms with E-state index < -0.39 is 0 Å². The summed E-state index contributed by atoms with van der Waals surface area (Å²) in [6, 6.07) is 0. The highest BCUT2D eigenvalue weighted by molar-refractivity contribution is 4.89. The number of hydrogen-bond donors (Lipinski definition) is 2. The van der Waals surface area contributed by atoms with Gasteiger partial charge in [0.15, 0.2) is 0 Å². The molecule has 1 aliphatic rings. The normalized spacial score (nSPS) is 23.7. The van der Waals surface area contributed by atoms with Crippen LogP contribution in [0.1, 0.15) is 32.6 Å². The van der Waals surface area contributed by atoms with Gasteiger partial charge in [-0.25, -0.2) is 0 Å². The second-order valence-corrected chi connectivity index (χ2v) is 4.33. The molecule has 2 heteroatoms. The lowest BCUT2D eigenvalue weighted by Crippen LogP contribution is -3.13. The van der Waals surface area contributed by atoms with Crippen molar-refractivity contribution < 1.29 is 10.0 Å². The molecule has 0 spiro atoms. The van der Waals surface area contributed by atoms with Crippen LogP contribution in [-0.2, 0) is 0 Å². The molecule has 1 rings (SSSR count). The summed E-state index contributed by atoms with van der Waals surface area (Å²) in [6.07, 6.45) is 9.67. The third-order valence-electron chi connectivity index (χ3n) is 3.02. The van der Waals surface area contributed by atoms with Gasteiger partial charge in [0.05, 0.1) is 19.7 Å². The van der Waals surface area contributed by atoms with Crippen LogP contribution in [-0.4, -0.2) is 31.3 Å². The fraction of sp³-hybridized carbons (Fsp3) is 0.833. The zero-order valence-corrected chi connectivity index (χ0v) is 9.34. The molecule has 0 aromatic carbocycles. The average molecular weight is 198 g/mol. The fourth-order valence-electron chi connectivity index (χ4n) is 2.29. The van der Waals surface area contributed by atoms with Gasteiger partial charge in [-0.05, 0) is 25.7 Å². The van der Waals surface area contributed by atoms with E-state index in [0.717, 1.165) is 12.5 Å². The molecule has 2 nitrogen and oxygen atoms in total. The average Bonchev–Trinajstić information content (AvgIpc) is 2.20. The summed E-state index contributed by atoms with van der Waals surface area (Å²) in [5.41, 5.74) is 0. The number of allylic oxidation sites excluding steroid dienone is 2. The van der Waals surface area contributed by atoms with Crippen molar-refractivity contribution in [2.45, 2.75) is 32.6 Å². The maximum atomic E-state index is 8.96. The summed E-state index contributed by atoms with van der Waals surface area (Å²) in [6.45, 7) is 5.93. The highest BCUT2D eigenvalue weighted by Crippen LogP contribution is 2.15. The van der Waals surface area contributed by atoms with Crippen LogP contribution in [0.5, 0.6) is 0 Å². The molecular formula is C12H24NO+. The van der Waals surface area contributed by atoms with Crippen LogP contribution in [0, 0.1) is 5.92 Å². The molecule has 1 unspecified atom stereocenters. The molecule has 0 saturated carbocycles. The lowest BCUT2D eigenvalue weighted by atomic mass is 9.94. The predicted molar refractivity (Wildman–Crippen MR) is 59.4 cm³/mol. The molecule has 0 radical (unpaired) electrons. The van der Waals surface area contributed by atoms with Gasteiger partial charge in [0.25, 0.3) is 0 Å². The summed E-state index contributed by atoms with van der Waals surface area (Å²) in [5.74, 6) is 0.855. The van der Waals surface area contributed by atoms with Gasteiger partial charge in [-0.2, -0.15) is 0 Å². The molecule has 0 heterocycles. The van der Waals surface area contributed by atoms with Crippen LogP contribution in [0.4, 0.5) is 0 Å². The molecule has 1 aliphatic carbocycles. The number of quaternary nitrogens is 1. The van der Waals surface area contributed by atoms with E-state index in [1.54, 1.807) is 4.90 Å². The molecule has 0 aromatic heterocycles. The van der Waals surface area contributed by atoms with Crippen molar-refractivity contribution in [3.8, 4) is 0 Å². The van der Waals surface area contributed by atoms with Gasteiger partial charge in [-0.3, -0.25) is 0 Å². The molecule has 0 aromatic rings. The SMILES string of the molecule is CCC[NH+](CCO)C[C@H]1CC=CCC1. The van der Waals surface area contributed by atoms with Gasteiger partial charge < -0.3 is 10.0 Å². The van der Waals surface area contributed by atoms with Crippen LogP contribution < -0.4 is 4.90 Å². The lowest BCUT2D eigenvalue weighted by Gasteiger charge is -2.24. The van der Waals surface area contributed by atoms with Gasteiger partial charge in [0, 0.05) is 5.92 Å². The van der Waals surface area contributed by atoms with E-state index in [2.05, 4.69) is 19.1 Å². The second-order valence-electron chi connectivity index (χ2n) is 4.33. The minimum Gasteiger partial charge on any atom is -0.391 e. The number of rotatable bonds is 6. The van der Waals surface area contributed by atoms with Crippen LogP contribution in [0.2, 0.25) is 0 Å². The minimum absolute atomic E-state index is 0.331. The Labute approximate surface area is 87.6 Å². The van der Waals surface area contributed by atoms with Crippen molar-refractivity contribution in [2.75, 3.05) is 26.2 Å². The predicted octanol–water partition coefficient (Wildman–Crippen LogP) is 0.630. The lowest BCUT2D eigenvalue weighted by molar-refractivity contribution is -0.904. The van der Waals surface area contributed by atoms with Crippen LogP contribution in [0.15, 0.2) is 12.2 Å². The Balaban J connectivity index is 2.26. The third-order valence-corrected chi connectivity index (χ3v) is 3.02. The Hall–Kier alpha value is -0.340. The third kappa shape index (κ3) is 4.25. The Morgan fingerprint density at radius 3 is 2.79 bits per heavy atom. The van der Waals surface area contributed by atoms with Crippen LogP contribution >= 0.6 is 0 Å². The smallest absolute Gasteiger partial charge is 0.101 e.